The van der Waals surface area contributed by atoms with E-state index in [4.69, 9.17) is 4.74 Å². The molecule has 2 amide bonds. The smallest absolute Gasteiger partial charge is 0.256 e. The van der Waals surface area contributed by atoms with Gasteiger partial charge in [-0.2, -0.15) is 0 Å². The Morgan fingerprint density at radius 2 is 1.46 bits per heavy atom. The molecular formula is C29H26N6O5S. The Morgan fingerprint density at radius 1 is 0.854 bits per heavy atom. The fourth-order valence-electron chi connectivity index (χ4n) is 4.75. The Labute approximate surface area is 235 Å². The van der Waals surface area contributed by atoms with Crippen LogP contribution in [0.5, 0.6) is 5.75 Å². The monoisotopic (exact) mass is 570 g/mol. The molecule has 11 nitrogen and oxygen atoms in total. The maximum absolute atomic E-state index is 13.4. The van der Waals surface area contributed by atoms with Crippen LogP contribution < -0.4 is 15.4 Å². The first kappa shape index (κ1) is 26.3. The van der Waals surface area contributed by atoms with Crippen LogP contribution in [0, 0.1) is 6.92 Å². The predicted octanol–water partition coefficient (Wildman–Crippen LogP) is 4.19. The fraction of sp³-hybridized carbons (Fsp3) is 0.172. The molecule has 2 aromatic carbocycles. The summed E-state index contributed by atoms with van der Waals surface area (Å²) >= 11 is 0. The molecule has 2 aliphatic rings. The SMILES string of the molecule is Cc1cnc(/C=C2\C(=O)Nc3ccc(S(=O)(=O)Cc4cnc(/C=C5\C(=O)Nc6ccc(OC(C)C)cc65)[nH]4)cc32)[nH]1. The Kier molecular flexibility index (Phi) is 6.34. The highest BCUT2D eigenvalue weighted by Crippen LogP contribution is 2.37. The minimum absolute atomic E-state index is 0.0227. The van der Waals surface area contributed by atoms with Crippen molar-refractivity contribution in [3.63, 3.8) is 0 Å². The highest BCUT2D eigenvalue weighted by atomic mass is 32.2. The summed E-state index contributed by atoms with van der Waals surface area (Å²) < 4.78 is 32.5. The lowest BCUT2D eigenvalue weighted by molar-refractivity contribution is -0.111. The number of carbonyl (C=O) groups excluding carboxylic acids is 2. The van der Waals surface area contributed by atoms with E-state index in [1.165, 1.54) is 18.3 Å². The summed E-state index contributed by atoms with van der Waals surface area (Å²) in [5, 5.41) is 5.58. The first-order chi connectivity index (χ1) is 19.6. The number of amides is 2. The van der Waals surface area contributed by atoms with E-state index in [9.17, 15) is 18.0 Å². The molecule has 0 fully saturated rings. The summed E-state index contributed by atoms with van der Waals surface area (Å²) in [5.41, 5.74) is 4.23. The van der Waals surface area contributed by atoms with Gasteiger partial charge in [0.25, 0.3) is 11.8 Å². The number of nitrogens with one attached hydrogen (secondary N) is 4. The van der Waals surface area contributed by atoms with Crippen molar-refractivity contribution in [3.05, 3.63) is 83.0 Å². The molecule has 0 aliphatic carbocycles. The fourth-order valence-corrected chi connectivity index (χ4v) is 6.05. The minimum atomic E-state index is -3.81. The van der Waals surface area contributed by atoms with E-state index in [-0.39, 0.29) is 28.6 Å². The van der Waals surface area contributed by atoms with E-state index in [1.54, 1.807) is 42.6 Å². The molecule has 4 N–H and O–H groups in total. The van der Waals surface area contributed by atoms with Crippen LogP contribution in [0.2, 0.25) is 0 Å². The van der Waals surface area contributed by atoms with Gasteiger partial charge in [0, 0.05) is 40.6 Å². The van der Waals surface area contributed by atoms with Crippen molar-refractivity contribution in [3.8, 4) is 5.75 Å². The maximum Gasteiger partial charge on any atom is 0.256 e. The van der Waals surface area contributed by atoms with Crippen molar-refractivity contribution >= 4 is 56.3 Å². The van der Waals surface area contributed by atoms with E-state index in [0.29, 0.717) is 56.7 Å². The van der Waals surface area contributed by atoms with Crippen molar-refractivity contribution in [2.45, 2.75) is 37.5 Å². The lowest BCUT2D eigenvalue weighted by atomic mass is 10.1. The molecule has 41 heavy (non-hydrogen) atoms. The zero-order valence-electron chi connectivity index (χ0n) is 22.4. The van der Waals surface area contributed by atoms with Gasteiger partial charge in [-0.15, -0.1) is 0 Å². The first-order valence-electron chi connectivity index (χ1n) is 12.9. The third-order valence-corrected chi connectivity index (χ3v) is 8.22. The average Bonchev–Trinajstić information content (AvgIpc) is 3.67. The second kappa shape index (κ2) is 9.89. The molecule has 2 aliphatic heterocycles. The van der Waals surface area contributed by atoms with Crippen molar-refractivity contribution < 1.29 is 22.7 Å². The topological polar surface area (TPSA) is 159 Å². The van der Waals surface area contributed by atoms with Crippen LogP contribution in [-0.2, 0) is 25.2 Å². The normalized spacial score (nSPS) is 16.3. The molecule has 0 unspecified atom stereocenters. The molecule has 4 heterocycles. The standard InChI is InChI=1S/C29H26N6O5S/c1-15(2)40-18-4-6-24-20(8-18)22(28(36)34-24)11-27-31-13-17(33-27)14-41(38,39)19-5-7-25-21(9-19)23(29(37)35-25)10-26-30-12-16(3)32-26/h4-13,15H,14H2,1-3H3,(H,30,32)(H,31,33)(H,34,36)(H,35,37)/b22-11-,23-10-. The Bertz CT molecular complexity index is 1900. The summed E-state index contributed by atoms with van der Waals surface area (Å²) in [4.78, 5) is 39.8. The number of aromatic nitrogens is 4. The molecule has 0 saturated carbocycles. The Morgan fingerprint density at radius 3 is 2.10 bits per heavy atom. The number of nitrogens with zero attached hydrogens (tertiary/aromatic N) is 2. The molecule has 208 valence electrons. The lowest BCUT2D eigenvalue weighted by Gasteiger charge is -2.10. The number of hydrogen-bond donors (Lipinski definition) is 4. The highest BCUT2D eigenvalue weighted by Gasteiger charge is 2.28. The third kappa shape index (κ3) is 5.16. The van der Waals surface area contributed by atoms with E-state index in [1.807, 2.05) is 20.8 Å². The number of fused-ring (bicyclic) bond motifs is 2. The first-order valence-corrected chi connectivity index (χ1v) is 14.5. The molecule has 0 saturated heterocycles. The van der Waals surface area contributed by atoms with Gasteiger partial charge >= 0.3 is 0 Å². The highest BCUT2D eigenvalue weighted by molar-refractivity contribution is 7.90. The van der Waals surface area contributed by atoms with E-state index < -0.39 is 9.84 Å². The predicted molar refractivity (Wildman–Crippen MR) is 154 cm³/mol. The van der Waals surface area contributed by atoms with Gasteiger partial charge in [-0.05, 0) is 69.3 Å². The number of aryl methyl sites for hydroxylation is 1. The Balaban J connectivity index is 1.25. The average molecular weight is 571 g/mol. The van der Waals surface area contributed by atoms with Crippen molar-refractivity contribution in [2.75, 3.05) is 10.6 Å². The van der Waals surface area contributed by atoms with Crippen molar-refractivity contribution in [2.24, 2.45) is 0 Å². The molecule has 0 bridgehead atoms. The van der Waals surface area contributed by atoms with Gasteiger partial charge < -0.3 is 25.3 Å². The summed E-state index contributed by atoms with van der Waals surface area (Å²) in [6.45, 7) is 5.68. The van der Waals surface area contributed by atoms with Gasteiger partial charge in [0.2, 0.25) is 0 Å². The van der Waals surface area contributed by atoms with Crippen LogP contribution in [0.1, 0.15) is 48.0 Å². The quantitative estimate of drug-likeness (QED) is 0.243. The van der Waals surface area contributed by atoms with Gasteiger partial charge in [-0.25, -0.2) is 18.4 Å². The second-order valence-corrected chi connectivity index (χ2v) is 12.1. The number of benzene rings is 2. The van der Waals surface area contributed by atoms with E-state index >= 15 is 0 Å². The molecule has 0 spiro atoms. The van der Waals surface area contributed by atoms with Crippen LogP contribution >= 0.6 is 0 Å². The molecule has 12 heteroatoms. The van der Waals surface area contributed by atoms with Gasteiger partial charge in [-0.3, -0.25) is 9.59 Å². The Hall–Kier alpha value is -4.97. The van der Waals surface area contributed by atoms with Crippen LogP contribution in [0.4, 0.5) is 11.4 Å². The van der Waals surface area contributed by atoms with Gasteiger partial charge in [-0.1, -0.05) is 0 Å². The van der Waals surface area contributed by atoms with Gasteiger partial charge in [0.15, 0.2) is 9.84 Å². The van der Waals surface area contributed by atoms with Gasteiger partial charge in [0.05, 0.1) is 33.6 Å². The molecular weight excluding hydrogens is 544 g/mol. The van der Waals surface area contributed by atoms with E-state index in [0.717, 1.165) is 5.69 Å². The number of imidazole rings is 2. The van der Waals surface area contributed by atoms with Gasteiger partial charge in [0.1, 0.15) is 17.4 Å². The summed E-state index contributed by atoms with van der Waals surface area (Å²) in [6, 6.07) is 9.88. The van der Waals surface area contributed by atoms with E-state index in [2.05, 4.69) is 30.6 Å². The molecule has 2 aromatic heterocycles. The van der Waals surface area contributed by atoms with Crippen molar-refractivity contribution in [1.82, 2.24) is 19.9 Å². The number of anilines is 2. The molecule has 6 rings (SSSR count). The second-order valence-electron chi connectivity index (χ2n) is 10.1. The molecule has 0 radical (unpaired) electrons. The maximum atomic E-state index is 13.4. The number of sulfone groups is 1. The zero-order chi connectivity index (χ0) is 28.9. The number of ether oxygens (including phenoxy) is 1. The minimum Gasteiger partial charge on any atom is -0.491 e. The molecule has 4 aromatic rings. The lowest BCUT2D eigenvalue weighted by Crippen LogP contribution is -2.06. The largest absolute Gasteiger partial charge is 0.491 e. The zero-order valence-corrected chi connectivity index (χ0v) is 23.2. The summed E-state index contributed by atoms with van der Waals surface area (Å²) in [7, 11) is -3.81. The summed E-state index contributed by atoms with van der Waals surface area (Å²) in [5.74, 6) is 0.490. The molecule has 0 atom stereocenters. The number of carbonyl (C=O) groups is 2. The van der Waals surface area contributed by atoms with Crippen LogP contribution in [-0.4, -0.2) is 46.3 Å². The summed E-state index contributed by atoms with van der Waals surface area (Å²) in [6.07, 6.45) is 6.22. The number of rotatable bonds is 7. The number of aromatic amines is 2. The van der Waals surface area contributed by atoms with Crippen LogP contribution in [0.25, 0.3) is 23.3 Å². The number of hydrogen-bond acceptors (Lipinski definition) is 7. The van der Waals surface area contributed by atoms with Crippen LogP contribution in [0.3, 0.4) is 0 Å². The van der Waals surface area contributed by atoms with Crippen LogP contribution in [0.15, 0.2) is 53.7 Å². The number of H-pyrrole nitrogens is 2. The van der Waals surface area contributed by atoms with Crippen molar-refractivity contribution in [1.29, 1.82) is 0 Å². The third-order valence-electron chi connectivity index (χ3n) is 6.56.